The van der Waals surface area contributed by atoms with Crippen molar-refractivity contribution in [1.29, 1.82) is 0 Å². The Morgan fingerprint density at radius 2 is 1.77 bits per heavy atom. The molecule has 2 atom stereocenters. The van der Waals surface area contributed by atoms with Crippen LogP contribution in [0.3, 0.4) is 0 Å². The predicted octanol–water partition coefficient (Wildman–Crippen LogP) is 3.33. The molecule has 2 aliphatic rings. The number of carbonyl (C=O) groups excluding carboxylic acids is 1. The highest BCUT2D eigenvalue weighted by molar-refractivity contribution is 5.93. The van der Waals surface area contributed by atoms with Crippen LogP contribution in [0.15, 0.2) is 36.4 Å². The first kappa shape index (κ1) is 20.7. The molecule has 5 heteroatoms. The van der Waals surface area contributed by atoms with Crippen LogP contribution in [0.1, 0.15) is 55.8 Å². The zero-order chi connectivity index (χ0) is 20.9. The lowest BCUT2D eigenvalue weighted by Gasteiger charge is -2.23. The maximum Gasteiger partial charge on any atom is 0.279 e. The van der Waals surface area contributed by atoms with Gasteiger partial charge in [-0.1, -0.05) is 32.0 Å². The van der Waals surface area contributed by atoms with Crippen LogP contribution in [0, 0.1) is 0 Å². The lowest BCUT2D eigenvalue weighted by Crippen LogP contribution is -3.11. The van der Waals surface area contributed by atoms with Crippen molar-refractivity contribution in [2.75, 3.05) is 31.6 Å². The van der Waals surface area contributed by atoms with Gasteiger partial charge in [0.05, 0.1) is 19.8 Å². The van der Waals surface area contributed by atoms with Crippen molar-refractivity contribution in [2.24, 2.45) is 0 Å². The first-order valence-electron chi connectivity index (χ1n) is 11.3. The average Bonchev–Trinajstić information content (AvgIpc) is 3.09. The first-order chi connectivity index (χ1) is 14.7. The second kappa shape index (κ2) is 9.52. The van der Waals surface area contributed by atoms with Crippen molar-refractivity contribution < 1.29 is 19.2 Å². The molecule has 2 aromatic carbocycles. The predicted molar refractivity (Wildman–Crippen MR) is 119 cm³/mol. The quantitative estimate of drug-likeness (QED) is 0.770. The normalized spacial score (nSPS) is 20.6. The van der Waals surface area contributed by atoms with Crippen LogP contribution >= 0.6 is 0 Å². The van der Waals surface area contributed by atoms with Gasteiger partial charge in [0.2, 0.25) is 0 Å². The fraction of sp³-hybridized carbons (Fsp3) is 0.480. The van der Waals surface area contributed by atoms with Crippen LogP contribution in [0.4, 0.5) is 5.69 Å². The van der Waals surface area contributed by atoms with E-state index in [1.807, 2.05) is 6.07 Å². The highest BCUT2D eigenvalue weighted by Crippen LogP contribution is 2.33. The third-order valence-electron chi connectivity index (χ3n) is 6.31. The molecule has 1 fully saturated rings. The number of carbonyl (C=O) groups is 1. The van der Waals surface area contributed by atoms with Crippen molar-refractivity contribution in [2.45, 2.75) is 52.0 Å². The fourth-order valence-corrected chi connectivity index (χ4v) is 4.72. The van der Waals surface area contributed by atoms with E-state index in [0.717, 1.165) is 55.8 Å². The number of anilines is 1. The van der Waals surface area contributed by atoms with Gasteiger partial charge in [0.1, 0.15) is 6.04 Å². The van der Waals surface area contributed by atoms with Crippen molar-refractivity contribution in [3.63, 3.8) is 0 Å². The molecular formula is C25H33N2O3+. The summed E-state index contributed by atoms with van der Waals surface area (Å²) in [7, 11) is 0. The van der Waals surface area contributed by atoms with Crippen LogP contribution in [0.25, 0.3) is 0 Å². The summed E-state index contributed by atoms with van der Waals surface area (Å²) in [5, 5.41) is 3.23. The molecule has 2 aromatic rings. The number of hydrogen-bond donors (Lipinski definition) is 2. The van der Waals surface area contributed by atoms with E-state index in [1.165, 1.54) is 21.6 Å². The second-order valence-corrected chi connectivity index (χ2v) is 8.24. The lowest BCUT2D eigenvalue weighted by molar-refractivity contribution is -0.910. The summed E-state index contributed by atoms with van der Waals surface area (Å²) in [6.07, 6.45) is 4.96. The number of quaternary nitrogens is 1. The number of hydrogen-bond acceptors (Lipinski definition) is 3. The van der Waals surface area contributed by atoms with Gasteiger partial charge in [-0.3, -0.25) is 4.79 Å². The molecular weight excluding hydrogens is 376 g/mol. The van der Waals surface area contributed by atoms with Gasteiger partial charge in [0.25, 0.3) is 5.91 Å². The van der Waals surface area contributed by atoms with E-state index in [2.05, 4.69) is 49.5 Å². The number of ether oxygens (including phenoxy) is 2. The molecule has 4 rings (SSSR count). The van der Waals surface area contributed by atoms with Crippen molar-refractivity contribution >= 4 is 11.6 Å². The highest BCUT2D eigenvalue weighted by Gasteiger charge is 2.32. The van der Waals surface area contributed by atoms with Crippen LogP contribution in [-0.4, -0.2) is 32.2 Å². The number of nitrogens with one attached hydrogen (secondary N) is 2. The van der Waals surface area contributed by atoms with Gasteiger partial charge in [0.15, 0.2) is 18.0 Å². The topological polar surface area (TPSA) is 52.0 Å². The maximum absolute atomic E-state index is 13.0. The van der Waals surface area contributed by atoms with Crippen LogP contribution < -0.4 is 19.7 Å². The minimum atomic E-state index is 0.0989. The molecule has 1 saturated heterocycles. The Hall–Kier alpha value is -2.53. The van der Waals surface area contributed by atoms with Crippen LogP contribution in [-0.2, 0) is 17.6 Å². The summed E-state index contributed by atoms with van der Waals surface area (Å²) < 4.78 is 11.7. The van der Waals surface area contributed by atoms with Gasteiger partial charge < -0.3 is 19.7 Å². The molecule has 30 heavy (non-hydrogen) atoms. The highest BCUT2D eigenvalue weighted by atomic mass is 16.5. The number of amides is 1. The number of likely N-dealkylation sites (tertiary alicyclic amines) is 1. The molecule has 2 aliphatic heterocycles. The molecule has 2 heterocycles. The zero-order valence-electron chi connectivity index (χ0n) is 18.1. The zero-order valence-corrected chi connectivity index (χ0v) is 18.1. The number of para-hydroxylation sites is 1. The van der Waals surface area contributed by atoms with E-state index < -0.39 is 0 Å². The van der Waals surface area contributed by atoms with Crippen molar-refractivity contribution in [1.82, 2.24) is 0 Å². The van der Waals surface area contributed by atoms with E-state index in [0.29, 0.717) is 25.8 Å². The summed E-state index contributed by atoms with van der Waals surface area (Å²) in [4.78, 5) is 14.3. The molecule has 5 nitrogen and oxygen atoms in total. The monoisotopic (exact) mass is 409 g/mol. The number of rotatable bonds is 6. The van der Waals surface area contributed by atoms with E-state index in [1.54, 1.807) is 0 Å². The number of aryl methyl sites for hydroxylation is 2. The number of benzene rings is 2. The van der Waals surface area contributed by atoms with Crippen LogP contribution in [0.2, 0.25) is 0 Å². The van der Waals surface area contributed by atoms with E-state index in [9.17, 15) is 4.79 Å². The fourth-order valence-electron chi connectivity index (χ4n) is 4.72. The molecule has 0 saturated carbocycles. The van der Waals surface area contributed by atoms with Gasteiger partial charge in [-0.15, -0.1) is 0 Å². The molecule has 0 radical (unpaired) electrons. The third kappa shape index (κ3) is 4.46. The molecule has 1 amide bonds. The summed E-state index contributed by atoms with van der Waals surface area (Å²) in [6.45, 7) is 7.17. The Labute approximate surface area is 179 Å². The lowest BCUT2D eigenvalue weighted by atomic mass is 10.0. The Morgan fingerprint density at radius 3 is 2.50 bits per heavy atom. The van der Waals surface area contributed by atoms with E-state index >= 15 is 0 Å². The van der Waals surface area contributed by atoms with Gasteiger partial charge in [-0.25, -0.2) is 0 Å². The minimum absolute atomic E-state index is 0.0989. The van der Waals surface area contributed by atoms with Gasteiger partial charge >= 0.3 is 0 Å². The summed E-state index contributed by atoms with van der Waals surface area (Å²) >= 11 is 0. The molecule has 2 N–H and O–H groups in total. The van der Waals surface area contributed by atoms with Crippen LogP contribution in [0.5, 0.6) is 11.5 Å². The number of fused-ring (bicyclic) bond motifs is 1. The summed E-state index contributed by atoms with van der Waals surface area (Å²) in [6, 6.07) is 12.9. The first-order valence-corrected chi connectivity index (χ1v) is 11.3. The molecule has 0 aliphatic carbocycles. The molecule has 0 bridgehead atoms. The molecule has 0 aromatic heterocycles. The Balaban J connectivity index is 1.47. The Bertz CT molecular complexity index is 874. The largest absolute Gasteiger partial charge is 0.490 e. The van der Waals surface area contributed by atoms with Crippen molar-refractivity contribution in [3.8, 4) is 11.5 Å². The Morgan fingerprint density at radius 1 is 1.03 bits per heavy atom. The maximum atomic E-state index is 13.0. The minimum Gasteiger partial charge on any atom is -0.490 e. The third-order valence-corrected chi connectivity index (χ3v) is 6.31. The Kier molecular flexibility index (Phi) is 6.58. The molecule has 0 spiro atoms. The SMILES string of the molecule is CCc1cccc(CC)c1NC(=O)C[NH+]1CCC[C@@H]1c1ccc2c(c1)OCCCO2. The standard InChI is InChI=1S/C25H32N2O3/c1-3-18-8-5-9-19(4-2)25(18)26-24(28)17-27-13-6-10-21(27)20-11-12-22-23(16-20)30-15-7-14-29-22/h5,8-9,11-12,16,21H,3-4,6-7,10,13-15,17H2,1-2H3,(H,26,28)/p+1/t21-/m1/s1. The van der Waals surface area contributed by atoms with Gasteiger partial charge in [0, 0.05) is 30.5 Å². The summed E-state index contributed by atoms with van der Waals surface area (Å²) in [5.74, 6) is 1.77. The van der Waals surface area contributed by atoms with Gasteiger partial charge in [-0.2, -0.15) is 0 Å². The molecule has 160 valence electrons. The van der Waals surface area contributed by atoms with E-state index in [-0.39, 0.29) is 5.91 Å². The molecule has 1 unspecified atom stereocenters. The second-order valence-electron chi connectivity index (χ2n) is 8.24. The van der Waals surface area contributed by atoms with E-state index in [4.69, 9.17) is 9.47 Å². The van der Waals surface area contributed by atoms with Gasteiger partial charge in [-0.05, 0) is 42.2 Å². The summed E-state index contributed by atoms with van der Waals surface area (Å²) in [5.41, 5.74) is 4.66. The smallest absolute Gasteiger partial charge is 0.279 e. The van der Waals surface area contributed by atoms with Crippen molar-refractivity contribution in [3.05, 3.63) is 53.1 Å². The average molecular weight is 410 g/mol.